The summed E-state index contributed by atoms with van der Waals surface area (Å²) in [5, 5.41) is 4.01. The molecule has 2 aliphatic heterocycles. The minimum atomic E-state index is -0.482. The minimum absolute atomic E-state index is 0.000771. The van der Waals surface area contributed by atoms with Crippen LogP contribution in [0.25, 0.3) is 10.9 Å². The van der Waals surface area contributed by atoms with E-state index < -0.39 is 5.54 Å². The van der Waals surface area contributed by atoms with E-state index in [1.165, 1.54) is 0 Å². The Balaban J connectivity index is 1.56. The SMILES string of the molecule is CN1CCCNC(=O)C12CCN(C(=O)c1cccc3cccnc13)CC2. The van der Waals surface area contributed by atoms with Crippen LogP contribution in [0, 0.1) is 0 Å². The van der Waals surface area contributed by atoms with Gasteiger partial charge >= 0.3 is 0 Å². The molecule has 0 atom stereocenters. The molecule has 2 fully saturated rings. The Bertz CT molecular complexity index is 837. The molecule has 0 bridgehead atoms. The average Bonchev–Trinajstić information content (AvgIpc) is 2.81. The molecule has 4 rings (SSSR count). The van der Waals surface area contributed by atoms with Crippen molar-refractivity contribution in [2.75, 3.05) is 33.2 Å². The topological polar surface area (TPSA) is 65.5 Å². The van der Waals surface area contributed by atoms with Crippen molar-refractivity contribution < 1.29 is 9.59 Å². The number of nitrogens with zero attached hydrogens (tertiary/aromatic N) is 3. The van der Waals surface area contributed by atoms with Crippen LogP contribution in [0.3, 0.4) is 0 Å². The number of nitrogens with one attached hydrogen (secondary N) is 1. The normalized spacial score (nSPS) is 20.8. The Hall–Kier alpha value is -2.47. The van der Waals surface area contributed by atoms with Crippen molar-refractivity contribution in [2.45, 2.75) is 24.8 Å². The highest BCUT2D eigenvalue weighted by atomic mass is 16.2. The molecular formula is C20H24N4O2. The summed E-state index contributed by atoms with van der Waals surface area (Å²) in [6, 6.07) is 9.55. The van der Waals surface area contributed by atoms with Crippen LogP contribution in [0.4, 0.5) is 0 Å². The molecule has 0 radical (unpaired) electrons. The van der Waals surface area contributed by atoms with E-state index in [-0.39, 0.29) is 11.8 Å². The number of piperidine rings is 1. The van der Waals surface area contributed by atoms with Crippen LogP contribution in [-0.4, -0.2) is 65.4 Å². The van der Waals surface area contributed by atoms with Gasteiger partial charge in [0, 0.05) is 37.8 Å². The highest BCUT2D eigenvalue weighted by Gasteiger charge is 2.46. The van der Waals surface area contributed by atoms with Gasteiger partial charge in [-0.15, -0.1) is 0 Å². The molecular weight excluding hydrogens is 328 g/mol. The van der Waals surface area contributed by atoms with Gasteiger partial charge in [-0.2, -0.15) is 0 Å². The van der Waals surface area contributed by atoms with Crippen molar-refractivity contribution in [3.8, 4) is 0 Å². The second-order valence-electron chi connectivity index (χ2n) is 7.24. The number of likely N-dealkylation sites (N-methyl/N-ethyl adjacent to an activating group) is 1. The van der Waals surface area contributed by atoms with Crippen LogP contribution < -0.4 is 5.32 Å². The molecule has 1 N–H and O–H groups in total. The van der Waals surface area contributed by atoms with Gasteiger partial charge in [-0.3, -0.25) is 19.5 Å². The maximum Gasteiger partial charge on any atom is 0.256 e. The van der Waals surface area contributed by atoms with Crippen molar-refractivity contribution in [3.63, 3.8) is 0 Å². The Morgan fingerprint density at radius 1 is 1.15 bits per heavy atom. The highest BCUT2D eigenvalue weighted by molar-refractivity contribution is 6.05. The van der Waals surface area contributed by atoms with E-state index in [2.05, 4.69) is 15.2 Å². The lowest BCUT2D eigenvalue weighted by atomic mass is 9.84. The fourth-order valence-electron chi connectivity index (χ4n) is 4.21. The quantitative estimate of drug-likeness (QED) is 0.848. The van der Waals surface area contributed by atoms with Gasteiger partial charge in [-0.1, -0.05) is 18.2 Å². The second kappa shape index (κ2) is 6.68. The molecule has 2 saturated heterocycles. The van der Waals surface area contributed by atoms with Crippen molar-refractivity contribution in [2.24, 2.45) is 0 Å². The molecule has 2 amide bonds. The molecule has 136 valence electrons. The summed E-state index contributed by atoms with van der Waals surface area (Å²) in [7, 11) is 2.02. The molecule has 26 heavy (non-hydrogen) atoms. The van der Waals surface area contributed by atoms with E-state index in [1.54, 1.807) is 6.20 Å². The first-order valence-corrected chi connectivity index (χ1v) is 9.24. The van der Waals surface area contributed by atoms with Crippen molar-refractivity contribution in [3.05, 3.63) is 42.1 Å². The molecule has 1 spiro atoms. The summed E-state index contributed by atoms with van der Waals surface area (Å²) < 4.78 is 0. The molecule has 0 saturated carbocycles. The Morgan fingerprint density at radius 3 is 2.73 bits per heavy atom. The number of carbonyl (C=O) groups is 2. The number of rotatable bonds is 1. The van der Waals surface area contributed by atoms with Crippen LogP contribution in [0.1, 0.15) is 29.6 Å². The average molecular weight is 352 g/mol. The number of likely N-dealkylation sites (tertiary alicyclic amines) is 1. The number of benzene rings is 1. The number of para-hydroxylation sites is 1. The lowest BCUT2D eigenvalue weighted by Gasteiger charge is -2.45. The first-order chi connectivity index (χ1) is 12.6. The molecule has 6 nitrogen and oxygen atoms in total. The summed E-state index contributed by atoms with van der Waals surface area (Å²) in [5.41, 5.74) is 0.895. The Kier molecular flexibility index (Phi) is 4.36. The lowest BCUT2D eigenvalue weighted by Crippen LogP contribution is -2.61. The van der Waals surface area contributed by atoms with E-state index in [1.807, 2.05) is 42.3 Å². The van der Waals surface area contributed by atoms with E-state index in [0.717, 1.165) is 30.4 Å². The number of fused-ring (bicyclic) bond motifs is 1. The fourth-order valence-corrected chi connectivity index (χ4v) is 4.21. The minimum Gasteiger partial charge on any atom is -0.354 e. The fraction of sp³-hybridized carbons (Fsp3) is 0.450. The maximum atomic E-state index is 13.1. The third-order valence-electron chi connectivity index (χ3n) is 5.85. The van der Waals surface area contributed by atoms with Crippen LogP contribution in [0.2, 0.25) is 0 Å². The molecule has 0 aliphatic carbocycles. The number of carbonyl (C=O) groups excluding carboxylic acids is 2. The zero-order chi connectivity index (χ0) is 18.1. The van der Waals surface area contributed by atoms with E-state index >= 15 is 0 Å². The number of hydrogen-bond donors (Lipinski definition) is 1. The number of hydrogen-bond acceptors (Lipinski definition) is 4. The lowest BCUT2D eigenvalue weighted by molar-refractivity contribution is -0.134. The molecule has 1 aromatic heterocycles. The van der Waals surface area contributed by atoms with Crippen LogP contribution >= 0.6 is 0 Å². The van der Waals surface area contributed by atoms with Gasteiger partial charge in [0.2, 0.25) is 5.91 Å². The van der Waals surface area contributed by atoms with Crippen LogP contribution in [0.15, 0.2) is 36.5 Å². The van der Waals surface area contributed by atoms with Gasteiger partial charge < -0.3 is 10.2 Å². The number of aromatic nitrogens is 1. The van der Waals surface area contributed by atoms with Crippen molar-refractivity contribution in [1.29, 1.82) is 0 Å². The number of pyridine rings is 1. The van der Waals surface area contributed by atoms with Gasteiger partial charge in [-0.05, 0) is 38.4 Å². The summed E-state index contributed by atoms with van der Waals surface area (Å²) in [5.74, 6) is 0.109. The molecule has 2 aliphatic rings. The predicted octanol–water partition coefficient (Wildman–Crippen LogP) is 1.66. The predicted molar refractivity (Wildman–Crippen MR) is 99.9 cm³/mol. The second-order valence-corrected chi connectivity index (χ2v) is 7.24. The van der Waals surface area contributed by atoms with Crippen molar-refractivity contribution in [1.82, 2.24) is 20.1 Å². The van der Waals surface area contributed by atoms with E-state index in [4.69, 9.17) is 0 Å². The van der Waals surface area contributed by atoms with E-state index in [9.17, 15) is 9.59 Å². The van der Waals surface area contributed by atoms with Crippen LogP contribution in [0.5, 0.6) is 0 Å². The Labute approximate surface area is 153 Å². The summed E-state index contributed by atoms with van der Waals surface area (Å²) in [6.07, 6.45) is 4.02. The third-order valence-corrected chi connectivity index (χ3v) is 5.85. The van der Waals surface area contributed by atoms with Gasteiger partial charge in [0.15, 0.2) is 0 Å². The maximum absolute atomic E-state index is 13.1. The monoisotopic (exact) mass is 352 g/mol. The van der Waals surface area contributed by atoms with Crippen LogP contribution in [-0.2, 0) is 4.79 Å². The van der Waals surface area contributed by atoms with Gasteiger partial charge in [0.25, 0.3) is 5.91 Å². The van der Waals surface area contributed by atoms with Gasteiger partial charge in [0.05, 0.1) is 11.1 Å². The van der Waals surface area contributed by atoms with Gasteiger partial charge in [0.1, 0.15) is 5.54 Å². The van der Waals surface area contributed by atoms with Crippen molar-refractivity contribution >= 4 is 22.7 Å². The first kappa shape index (κ1) is 17.0. The largest absolute Gasteiger partial charge is 0.354 e. The third kappa shape index (κ3) is 2.74. The van der Waals surface area contributed by atoms with E-state index in [0.29, 0.717) is 31.5 Å². The molecule has 3 heterocycles. The summed E-state index contributed by atoms with van der Waals surface area (Å²) in [4.78, 5) is 34.2. The zero-order valence-corrected chi connectivity index (χ0v) is 15.1. The smallest absolute Gasteiger partial charge is 0.256 e. The molecule has 0 unspecified atom stereocenters. The molecule has 6 heteroatoms. The summed E-state index contributed by atoms with van der Waals surface area (Å²) in [6.45, 7) is 2.80. The summed E-state index contributed by atoms with van der Waals surface area (Å²) >= 11 is 0. The zero-order valence-electron chi connectivity index (χ0n) is 15.1. The standard InChI is InChI=1S/C20H24N4O2/c1-23-12-4-11-22-19(26)20(23)8-13-24(14-9-20)18(25)16-7-2-5-15-6-3-10-21-17(15)16/h2-3,5-7,10H,4,8-9,11-14H2,1H3,(H,22,26). The molecule has 1 aromatic carbocycles. The van der Waals surface area contributed by atoms with Gasteiger partial charge in [-0.25, -0.2) is 0 Å². The number of amides is 2. The Morgan fingerprint density at radius 2 is 1.92 bits per heavy atom. The molecule has 2 aromatic rings. The highest BCUT2D eigenvalue weighted by Crippen LogP contribution is 2.31. The first-order valence-electron chi connectivity index (χ1n) is 9.24.